The first-order valence-electron chi connectivity index (χ1n) is 15.4. The number of aromatic nitrogens is 3. The van der Waals surface area contributed by atoms with Crippen LogP contribution in [0.15, 0.2) is 125 Å². The summed E-state index contributed by atoms with van der Waals surface area (Å²) in [6.45, 7) is 6.63. The first kappa shape index (κ1) is 30.0. The van der Waals surface area contributed by atoms with E-state index in [4.69, 9.17) is 18.6 Å². The van der Waals surface area contributed by atoms with E-state index in [1.54, 1.807) is 12.5 Å². The zero-order chi connectivity index (χ0) is 31.7. The van der Waals surface area contributed by atoms with E-state index in [9.17, 15) is 0 Å². The first-order chi connectivity index (χ1) is 22.9. The Balaban J connectivity index is 0.00000336. The Hall–Kier alpha value is -5.39. The summed E-state index contributed by atoms with van der Waals surface area (Å²) in [6.07, 6.45) is 10.6. The van der Waals surface area contributed by atoms with Crippen LogP contribution in [0.2, 0.25) is 0 Å². The fraction of sp³-hybridized carbons (Fsp3) is 0.100. The van der Waals surface area contributed by atoms with Crippen molar-refractivity contribution in [2.24, 2.45) is 0 Å². The first-order valence-corrected chi connectivity index (χ1v) is 15.4. The second kappa shape index (κ2) is 11.4. The zero-order valence-corrected chi connectivity index (χ0v) is 28.6. The van der Waals surface area contributed by atoms with E-state index in [1.165, 1.54) is 5.56 Å². The monoisotopic (exact) mass is 807 g/mol. The summed E-state index contributed by atoms with van der Waals surface area (Å²) in [5.41, 5.74) is 6.42. The summed E-state index contributed by atoms with van der Waals surface area (Å²) in [5, 5.41) is 2.21. The van der Waals surface area contributed by atoms with Gasteiger partial charge in [-0.3, -0.25) is 4.57 Å². The molecule has 0 unspecified atom stereocenters. The average molecular weight is 808 g/mol. The van der Waals surface area contributed by atoms with Crippen molar-refractivity contribution in [3.8, 4) is 40.1 Å². The van der Waals surface area contributed by atoms with Gasteiger partial charge in [0.2, 0.25) is 0 Å². The molecule has 0 spiro atoms. The molecule has 7 nitrogen and oxygen atoms in total. The van der Waals surface area contributed by atoms with E-state index in [2.05, 4.69) is 86.3 Å². The number of para-hydroxylation sites is 1. The third-order valence-corrected chi connectivity index (χ3v) is 8.60. The second-order valence-electron chi connectivity index (χ2n) is 12.6. The molecule has 238 valence electrons. The summed E-state index contributed by atoms with van der Waals surface area (Å²) < 4.78 is 24.3. The predicted octanol–water partition coefficient (Wildman–Crippen LogP) is 9.79. The van der Waals surface area contributed by atoms with Gasteiger partial charge in [0.25, 0.3) is 6.34 Å². The Morgan fingerprint density at radius 3 is 2.52 bits per heavy atom. The van der Waals surface area contributed by atoms with Crippen molar-refractivity contribution in [2.45, 2.75) is 26.2 Å². The molecule has 6 heterocycles. The van der Waals surface area contributed by atoms with Gasteiger partial charge in [-0.15, -0.1) is 29.7 Å². The minimum atomic E-state index is -0.0163. The second-order valence-corrected chi connectivity index (χ2v) is 12.6. The number of hydrogen-bond donors (Lipinski definition) is 0. The Labute approximate surface area is 291 Å². The molecule has 48 heavy (non-hydrogen) atoms. The Morgan fingerprint density at radius 1 is 0.792 bits per heavy atom. The molecule has 8 aromatic rings. The van der Waals surface area contributed by atoms with Crippen LogP contribution in [-0.2, 0) is 26.5 Å². The molecule has 1 aliphatic heterocycles. The van der Waals surface area contributed by atoms with Crippen LogP contribution >= 0.6 is 0 Å². The van der Waals surface area contributed by atoms with Gasteiger partial charge in [-0.05, 0) is 58.5 Å². The summed E-state index contributed by atoms with van der Waals surface area (Å²) in [7, 11) is 0. The molecular formula is C40H28N4O3Pt-2. The topological polar surface area (TPSA) is 61.3 Å². The van der Waals surface area contributed by atoms with E-state index in [0.717, 1.165) is 56.0 Å². The number of rotatable bonds is 4. The molecule has 0 N–H and O–H groups in total. The third-order valence-electron chi connectivity index (χ3n) is 8.60. The molecule has 0 bridgehead atoms. The molecule has 3 aromatic carbocycles. The van der Waals surface area contributed by atoms with Gasteiger partial charge >= 0.3 is 0 Å². The molecule has 0 saturated heterocycles. The fourth-order valence-electron chi connectivity index (χ4n) is 6.29. The van der Waals surface area contributed by atoms with Crippen LogP contribution in [0.3, 0.4) is 0 Å². The van der Waals surface area contributed by atoms with Crippen LogP contribution in [0, 0.1) is 12.1 Å². The Bertz CT molecular complexity index is 2510. The van der Waals surface area contributed by atoms with Crippen molar-refractivity contribution < 1.29 is 34.6 Å². The van der Waals surface area contributed by atoms with E-state index in [0.29, 0.717) is 17.3 Å². The summed E-state index contributed by atoms with van der Waals surface area (Å²) in [6, 6.07) is 37.2. The summed E-state index contributed by atoms with van der Waals surface area (Å²) in [5.74, 6) is 3.36. The van der Waals surface area contributed by atoms with E-state index in [1.807, 2.05) is 70.1 Å². The maximum Gasteiger partial charge on any atom is 0.268 e. The molecule has 9 rings (SSSR count). The van der Waals surface area contributed by atoms with Gasteiger partial charge in [0, 0.05) is 50.5 Å². The van der Waals surface area contributed by atoms with Crippen molar-refractivity contribution in [3.05, 3.63) is 134 Å². The van der Waals surface area contributed by atoms with Crippen molar-refractivity contribution in [2.75, 3.05) is 0 Å². The smallest absolute Gasteiger partial charge is 0.268 e. The van der Waals surface area contributed by atoms with Gasteiger partial charge in [-0.25, -0.2) is 4.98 Å². The average Bonchev–Trinajstić information content (AvgIpc) is 3.88. The summed E-state index contributed by atoms with van der Waals surface area (Å²) >= 11 is 0. The van der Waals surface area contributed by atoms with Crippen LogP contribution in [0.1, 0.15) is 26.3 Å². The third kappa shape index (κ3) is 4.85. The van der Waals surface area contributed by atoms with Crippen LogP contribution in [0.5, 0.6) is 11.5 Å². The van der Waals surface area contributed by atoms with Crippen LogP contribution in [0.25, 0.3) is 50.4 Å². The van der Waals surface area contributed by atoms with Gasteiger partial charge in [0.1, 0.15) is 17.2 Å². The predicted molar refractivity (Wildman–Crippen MR) is 183 cm³/mol. The molecule has 8 heteroatoms. The maximum atomic E-state index is 6.46. The molecule has 0 radical (unpaired) electrons. The van der Waals surface area contributed by atoms with Crippen molar-refractivity contribution in [3.63, 3.8) is 0 Å². The number of nitrogens with zero attached hydrogens (tertiary/aromatic N) is 4. The fourth-order valence-corrected chi connectivity index (χ4v) is 6.29. The Kier molecular flexibility index (Phi) is 7.11. The number of pyridine rings is 1. The zero-order valence-electron chi connectivity index (χ0n) is 26.3. The normalized spacial score (nSPS) is 12.4. The standard InChI is InChI=1S/C40H28N4O3.Pt/c1-40(2,3)26-15-18-41-37(22-26)44-33-11-5-4-10-30(33)31-14-13-29(24-36(31)44)47-28-9-6-8-27(23-28)43-25-42-19-7-12-34(42)38-32(16-20-45-38)39-35(43)17-21-46-39;/h4-22H,1-3H3;/q-2;. The van der Waals surface area contributed by atoms with E-state index >= 15 is 0 Å². The molecule has 1 aliphatic rings. The van der Waals surface area contributed by atoms with Crippen LogP contribution < -0.4 is 9.31 Å². The van der Waals surface area contributed by atoms with E-state index in [-0.39, 0.29) is 26.5 Å². The molecule has 0 atom stereocenters. The van der Waals surface area contributed by atoms with E-state index < -0.39 is 0 Å². The largest absolute Gasteiger partial charge is 0.510 e. The number of benzene rings is 3. The molecule has 0 amide bonds. The van der Waals surface area contributed by atoms with Gasteiger partial charge < -0.3 is 22.7 Å². The van der Waals surface area contributed by atoms with Crippen molar-refractivity contribution in [1.82, 2.24) is 18.7 Å². The van der Waals surface area contributed by atoms with Crippen molar-refractivity contribution >= 4 is 39.5 Å². The molecule has 0 fully saturated rings. The molecule has 0 aliphatic carbocycles. The number of furan rings is 2. The summed E-state index contributed by atoms with van der Waals surface area (Å²) in [4.78, 5) is 4.79. The quantitative estimate of drug-likeness (QED) is 0.131. The van der Waals surface area contributed by atoms with Crippen LogP contribution in [-0.4, -0.2) is 20.5 Å². The number of ether oxygens (including phenoxy) is 1. The van der Waals surface area contributed by atoms with Crippen LogP contribution in [0.4, 0.5) is 11.4 Å². The SMILES string of the molecule is CC(C)(C)c1ccnc(-n2c3[c-]c(Oc4[c-]c([N+]5=[C-]n6cccc6-c6occc6-c6occc65)ccc4)ccc3c3ccccc32)c1.[Pt]. The van der Waals surface area contributed by atoms with Gasteiger partial charge in [0.15, 0.2) is 11.5 Å². The molecular weight excluding hydrogens is 780 g/mol. The van der Waals surface area contributed by atoms with Gasteiger partial charge in [0.05, 0.1) is 18.1 Å². The molecule has 0 saturated carbocycles. The number of hydrogen-bond acceptors (Lipinski definition) is 4. The maximum absolute atomic E-state index is 6.46. The minimum absolute atomic E-state index is 0. The molecule has 5 aromatic heterocycles. The minimum Gasteiger partial charge on any atom is -0.510 e. The van der Waals surface area contributed by atoms with Gasteiger partial charge in [-0.1, -0.05) is 50.6 Å². The van der Waals surface area contributed by atoms with Gasteiger partial charge in [-0.2, -0.15) is 18.2 Å². The van der Waals surface area contributed by atoms with Crippen molar-refractivity contribution in [1.29, 1.82) is 0 Å². The number of fused-ring (bicyclic) bond motifs is 8. The Morgan fingerprint density at radius 2 is 1.62 bits per heavy atom.